The monoisotopic (exact) mass is 317 g/mol. The fourth-order valence-corrected chi connectivity index (χ4v) is 5.11. The van der Waals surface area contributed by atoms with Crippen LogP contribution in [0.3, 0.4) is 0 Å². The van der Waals surface area contributed by atoms with Crippen LogP contribution in [0.5, 0.6) is 0 Å². The Morgan fingerprint density at radius 3 is 2.65 bits per heavy atom. The van der Waals surface area contributed by atoms with Gasteiger partial charge in [-0.15, -0.1) is 11.3 Å². The van der Waals surface area contributed by atoms with Crippen molar-refractivity contribution in [1.82, 2.24) is 0 Å². The molecule has 2 N–H and O–H groups in total. The summed E-state index contributed by atoms with van der Waals surface area (Å²) in [4.78, 5) is 11.1. The van der Waals surface area contributed by atoms with Crippen LogP contribution in [0.15, 0.2) is 5.38 Å². The van der Waals surface area contributed by atoms with E-state index in [4.69, 9.17) is 5.11 Å². The zero-order valence-electron chi connectivity index (χ0n) is 11.4. The number of aromatic carboxylic acids is 1. The molecule has 1 aromatic rings. The van der Waals surface area contributed by atoms with Crippen molar-refractivity contribution in [2.24, 2.45) is 5.92 Å². The molecule has 1 fully saturated rings. The van der Waals surface area contributed by atoms with Gasteiger partial charge in [-0.2, -0.15) is 0 Å². The molecule has 1 aromatic heterocycles. The summed E-state index contributed by atoms with van der Waals surface area (Å²) in [5, 5.41) is 10.7. The zero-order valence-corrected chi connectivity index (χ0v) is 13.0. The number of sulfonamides is 1. The quantitative estimate of drug-likeness (QED) is 0.874. The minimum absolute atomic E-state index is 0.0507. The highest BCUT2D eigenvalue weighted by atomic mass is 32.2. The lowest BCUT2D eigenvalue weighted by atomic mass is 9.91. The van der Waals surface area contributed by atoms with Gasteiger partial charge in [-0.05, 0) is 36.6 Å². The first-order valence-electron chi connectivity index (χ1n) is 6.71. The highest BCUT2D eigenvalue weighted by Crippen LogP contribution is 2.30. The third-order valence-corrected chi connectivity index (χ3v) is 6.12. The number of thiophene rings is 1. The molecule has 1 aliphatic rings. The zero-order chi connectivity index (χ0) is 14.8. The van der Waals surface area contributed by atoms with Crippen molar-refractivity contribution >= 4 is 33.0 Å². The largest absolute Gasteiger partial charge is 0.477 e. The van der Waals surface area contributed by atoms with Crippen LogP contribution in [0, 0.1) is 12.8 Å². The predicted octanol–water partition coefficient (Wildman–Crippen LogP) is 3.08. The van der Waals surface area contributed by atoms with Crippen LogP contribution in [0.2, 0.25) is 0 Å². The summed E-state index contributed by atoms with van der Waals surface area (Å²) in [6.07, 6.45) is 5.22. The second-order valence-electron chi connectivity index (χ2n) is 5.32. The highest BCUT2D eigenvalue weighted by Gasteiger charge is 2.24. The van der Waals surface area contributed by atoms with Crippen LogP contribution in [-0.4, -0.2) is 25.2 Å². The number of hydrogen-bond acceptors (Lipinski definition) is 4. The summed E-state index contributed by atoms with van der Waals surface area (Å²) in [5.74, 6) is -0.826. The molecule has 1 saturated carbocycles. The molecule has 2 rings (SSSR count). The van der Waals surface area contributed by atoms with Gasteiger partial charge in [0.1, 0.15) is 4.88 Å². The Kier molecular flexibility index (Phi) is 4.70. The van der Waals surface area contributed by atoms with Crippen LogP contribution in [0.1, 0.15) is 47.3 Å². The molecule has 0 radical (unpaired) electrons. The van der Waals surface area contributed by atoms with E-state index in [0.29, 0.717) is 5.56 Å². The number of hydrogen-bond donors (Lipinski definition) is 2. The maximum Gasteiger partial charge on any atom is 0.348 e. The Labute approximate surface area is 123 Å². The third kappa shape index (κ3) is 3.73. The highest BCUT2D eigenvalue weighted by molar-refractivity contribution is 7.92. The van der Waals surface area contributed by atoms with E-state index >= 15 is 0 Å². The number of rotatable bonds is 5. The van der Waals surface area contributed by atoms with E-state index in [1.54, 1.807) is 12.3 Å². The lowest BCUT2D eigenvalue weighted by Gasteiger charge is -2.21. The van der Waals surface area contributed by atoms with Crippen LogP contribution in [0.4, 0.5) is 5.69 Å². The van der Waals surface area contributed by atoms with E-state index in [0.717, 1.165) is 37.0 Å². The average molecular weight is 317 g/mol. The van der Waals surface area contributed by atoms with Crippen molar-refractivity contribution in [3.63, 3.8) is 0 Å². The minimum Gasteiger partial charge on any atom is -0.477 e. The van der Waals surface area contributed by atoms with Crippen molar-refractivity contribution in [1.29, 1.82) is 0 Å². The van der Waals surface area contributed by atoms with E-state index in [9.17, 15) is 13.2 Å². The molecule has 0 saturated heterocycles. The van der Waals surface area contributed by atoms with E-state index in [2.05, 4.69) is 4.72 Å². The molecule has 0 unspecified atom stereocenters. The van der Waals surface area contributed by atoms with E-state index in [1.165, 1.54) is 6.42 Å². The van der Waals surface area contributed by atoms with Crippen LogP contribution >= 0.6 is 11.3 Å². The summed E-state index contributed by atoms with van der Waals surface area (Å²) >= 11 is 1.04. The van der Waals surface area contributed by atoms with Gasteiger partial charge in [-0.1, -0.05) is 19.3 Å². The second-order valence-corrected chi connectivity index (χ2v) is 7.96. The molecule has 0 bridgehead atoms. The second kappa shape index (κ2) is 6.13. The first kappa shape index (κ1) is 15.3. The van der Waals surface area contributed by atoms with Gasteiger partial charge in [-0.3, -0.25) is 4.72 Å². The lowest BCUT2D eigenvalue weighted by molar-refractivity contribution is 0.0703. The molecule has 1 heterocycles. The Morgan fingerprint density at radius 2 is 2.05 bits per heavy atom. The van der Waals surface area contributed by atoms with Gasteiger partial charge in [0.05, 0.1) is 11.4 Å². The summed E-state index contributed by atoms with van der Waals surface area (Å²) in [5.41, 5.74) is 0.873. The molecule has 112 valence electrons. The Hall–Kier alpha value is -1.08. The molecule has 7 heteroatoms. The lowest BCUT2D eigenvalue weighted by Crippen LogP contribution is -2.25. The normalized spacial score (nSPS) is 17.1. The number of nitrogens with one attached hydrogen (secondary N) is 1. The summed E-state index contributed by atoms with van der Waals surface area (Å²) in [6.45, 7) is 1.71. The first-order valence-corrected chi connectivity index (χ1v) is 9.24. The Bertz CT molecular complexity index is 586. The van der Waals surface area contributed by atoms with Gasteiger partial charge in [0.25, 0.3) is 0 Å². The smallest absolute Gasteiger partial charge is 0.348 e. The molecule has 20 heavy (non-hydrogen) atoms. The van der Waals surface area contributed by atoms with Crippen molar-refractivity contribution in [2.45, 2.75) is 39.0 Å². The van der Waals surface area contributed by atoms with Gasteiger partial charge in [0.15, 0.2) is 0 Å². The van der Waals surface area contributed by atoms with Crippen molar-refractivity contribution in [2.75, 3.05) is 10.5 Å². The maximum atomic E-state index is 12.2. The number of anilines is 1. The topological polar surface area (TPSA) is 83.5 Å². The van der Waals surface area contributed by atoms with Crippen LogP contribution < -0.4 is 4.72 Å². The summed E-state index contributed by atoms with van der Waals surface area (Å²) < 4.78 is 26.9. The number of carbonyl (C=O) groups is 1. The van der Waals surface area contributed by atoms with E-state index < -0.39 is 16.0 Å². The molecular formula is C13H19NO4S2. The molecule has 0 aromatic carbocycles. The van der Waals surface area contributed by atoms with Gasteiger partial charge in [0.2, 0.25) is 10.0 Å². The predicted molar refractivity (Wildman–Crippen MR) is 80.0 cm³/mol. The molecule has 0 aliphatic heterocycles. The first-order chi connectivity index (χ1) is 9.39. The van der Waals surface area contributed by atoms with Crippen molar-refractivity contribution in [3.8, 4) is 0 Å². The maximum absolute atomic E-state index is 12.2. The van der Waals surface area contributed by atoms with Gasteiger partial charge in [0, 0.05) is 0 Å². The molecular weight excluding hydrogens is 298 g/mol. The SMILES string of the molecule is Cc1csc(C(=O)O)c1NS(=O)(=O)CC1CCCCC1. The van der Waals surface area contributed by atoms with Crippen LogP contribution in [0.25, 0.3) is 0 Å². The number of aryl methyl sites for hydroxylation is 1. The molecule has 1 aliphatic carbocycles. The van der Waals surface area contributed by atoms with Gasteiger partial charge < -0.3 is 5.11 Å². The van der Waals surface area contributed by atoms with E-state index in [1.807, 2.05) is 0 Å². The standard InChI is InChI=1S/C13H19NO4S2/c1-9-7-19-12(13(15)16)11(9)14-20(17,18)8-10-5-3-2-4-6-10/h7,10,14H,2-6,8H2,1H3,(H,15,16). The fourth-order valence-electron chi connectivity index (χ4n) is 2.59. The van der Waals surface area contributed by atoms with Crippen molar-refractivity contribution in [3.05, 3.63) is 15.8 Å². The Balaban J connectivity index is 2.11. The minimum atomic E-state index is -3.49. The average Bonchev–Trinajstić information content (AvgIpc) is 2.71. The van der Waals surface area contributed by atoms with Crippen LogP contribution in [-0.2, 0) is 10.0 Å². The molecule has 0 atom stereocenters. The Morgan fingerprint density at radius 1 is 1.40 bits per heavy atom. The fraction of sp³-hybridized carbons (Fsp3) is 0.615. The van der Waals surface area contributed by atoms with E-state index in [-0.39, 0.29) is 22.2 Å². The summed E-state index contributed by atoms with van der Waals surface area (Å²) in [7, 11) is -3.49. The van der Waals surface area contributed by atoms with Gasteiger partial charge >= 0.3 is 5.97 Å². The molecule has 0 spiro atoms. The number of carboxylic acid groups (broad SMARTS) is 1. The van der Waals surface area contributed by atoms with Gasteiger partial charge in [-0.25, -0.2) is 13.2 Å². The molecule has 0 amide bonds. The molecule has 5 nitrogen and oxygen atoms in total. The summed E-state index contributed by atoms with van der Waals surface area (Å²) in [6, 6.07) is 0. The number of carboxylic acids is 1. The third-order valence-electron chi connectivity index (χ3n) is 3.61. The van der Waals surface area contributed by atoms with Crippen molar-refractivity contribution < 1.29 is 18.3 Å².